The Balaban J connectivity index is 0. The summed E-state index contributed by atoms with van der Waals surface area (Å²) in [5.74, 6) is 3.82. The Morgan fingerprint density at radius 3 is 1.70 bits per heavy atom. The van der Waals surface area contributed by atoms with Gasteiger partial charge in [-0.3, -0.25) is 0 Å². The van der Waals surface area contributed by atoms with E-state index in [-0.39, 0.29) is 0 Å². The summed E-state index contributed by atoms with van der Waals surface area (Å²) in [4.78, 5) is 0. The first-order valence-corrected chi connectivity index (χ1v) is 5.63. The van der Waals surface area contributed by atoms with E-state index in [1.807, 2.05) is 27.7 Å². The molecule has 1 aliphatic heterocycles. The molecule has 1 unspecified atom stereocenters. The van der Waals surface area contributed by atoms with Crippen molar-refractivity contribution in [2.75, 3.05) is 11.5 Å². The van der Waals surface area contributed by atoms with Crippen molar-refractivity contribution in [3.8, 4) is 0 Å². The minimum absolute atomic E-state index is 1.01. The van der Waals surface area contributed by atoms with Gasteiger partial charge in [0.2, 0.25) is 0 Å². The lowest BCUT2D eigenvalue weighted by molar-refractivity contribution is 0.669. The Bertz CT molecular complexity index is 38.0. The fourth-order valence-electron chi connectivity index (χ4n) is 0.652. The summed E-state index contributed by atoms with van der Waals surface area (Å²) in [5, 5.41) is 0. The molecule has 0 aromatic rings. The molecule has 64 valence electrons. The molecule has 0 radical (unpaired) electrons. The van der Waals surface area contributed by atoms with Crippen LogP contribution in [0.15, 0.2) is 0 Å². The lowest BCUT2D eigenvalue weighted by atomic mass is 10.2. The summed E-state index contributed by atoms with van der Waals surface area (Å²) in [7, 11) is 0. The normalized spacial score (nSPS) is 21.9. The van der Waals surface area contributed by atoms with Crippen molar-refractivity contribution in [2.24, 2.45) is 5.92 Å². The fourth-order valence-corrected chi connectivity index (χ4v) is 1.96. The second-order valence-corrected chi connectivity index (χ2v) is 3.12. The first-order chi connectivity index (χ1) is 4.89. The highest BCUT2D eigenvalue weighted by molar-refractivity contribution is 7.99. The van der Waals surface area contributed by atoms with Gasteiger partial charge in [0.25, 0.3) is 0 Å². The molecular weight excluding hydrogens is 140 g/mol. The maximum atomic E-state index is 2.32. The predicted octanol–water partition coefficient (Wildman–Crippen LogP) is 3.81. The molecule has 1 heterocycles. The van der Waals surface area contributed by atoms with Crippen molar-refractivity contribution in [1.29, 1.82) is 0 Å². The van der Waals surface area contributed by atoms with Crippen molar-refractivity contribution in [3.63, 3.8) is 0 Å². The smallest absolute Gasteiger partial charge is 0.00415 e. The maximum absolute atomic E-state index is 2.32. The topological polar surface area (TPSA) is 0 Å². The Hall–Kier alpha value is 0.350. The van der Waals surface area contributed by atoms with E-state index in [9.17, 15) is 0 Å². The number of hydrogen-bond acceptors (Lipinski definition) is 1. The number of rotatable bonds is 0. The van der Waals surface area contributed by atoms with Gasteiger partial charge in [-0.1, -0.05) is 34.6 Å². The van der Waals surface area contributed by atoms with E-state index >= 15 is 0 Å². The SMILES string of the molecule is CC.CC.CC1CCSC1. The van der Waals surface area contributed by atoms with Crippen LogP contribution >= 0.6 is 11.8 Å². The van der Waals surface area contributed by atoms with Gasteiger partial charge in [-0.25, -0.2) is 0 Å². The molecule has 10 heavy (non-hydrogen) atoms. The summed E-state index contributed by atoms with van der Waals surface area (Å²) in [6.45, 7) is 10.3. The van der Waals surface area contributed by atoms with E-state index in [0.29, 0.717) is 0 Å². The molecule has 0 aromatic heterocycles. The molecule has 0 aromatic carbocycles. The van der Waals surface area contributed by atoms with Crippen LogP contribution in [0.1, 0.15) is 41.0 Å². The molecule has 1 aliphatic rings. The second-order valence-electron chi connectivity index (χ2n) is 1.97. The Kier molecular flexibility index (Phi) is 15.7. The van der Waals surface area contributed by atoms with E-state index in [1.54, 1.807) is 0 Å². The highest BCUT2D eigenvalue weighted by Gasteiger charge is 2.07. The van der Waals surface area contributed by atoms with Crippen LogP contribution in [-0.2, 0) is 0 Å². The predicted molar refractivity (Wildman–Crippen MR) is 53.8 cm³/mol. The molecule has 0 spiro atoms. The molecule has 0 aliphatic carbocycles. The molecule has 0 bridgehead atoms. The number of hydrogen-bond donors (Lipinski definition) is 0. The van der Waals surface area contributed by atoms with E-state index in [1.165, 1.54) is 17.9 Å². The monoisotopic (exact) mass is 162 g/mol. The molecule has 0 amide bonds. The zero-order valence-corrected chi connectivity index (χ0v) is 8.92. The average molecular weight is 162 g/mol. The van der Waals surface area contributed by atoms with Crippen molar-refractivity contribution in [3.05, 3.63) is 0 Å². The average Bonchev–Trinajstić information content (AvgIpc) is 2.48. The van der Waals surface area contributed by atoms with Gasteiger partial charge >= 0.3 is 0 Å². The summed E-state index contributed by atoms with van der Waals surface area (Å²) in [5.41, 5.74) is 0. The quantitative estimate of drug-likeness (QED) is 0.522. The van der Waals surface area contributed by atoms with Gasteiger partial charge in [0, 0.05) is 0 Å². The highest BCUT2D eigenvalue weighted by atomic mass is 32.2. The molecule has 1 fully saturated rings. The van der Waals surface area contributed by atoms with Gasteiger partial charge in [0.05, 0.1) is 0 Å². The third-order valence-corrected chi connectivity index (χ3v) is 2.49. The maximum Gasteiger partial charge on any atom is -0.00415 e. The Morgan fingerprint density at radius 2 is 1.60 bits per heavy atom. The third kappa shape index (κ3) is 8.35. The molecule has 1 heteroatoms. The van der Waals surface area contributed by atoms with Gasteiger partial charge in [0.15, 0.2) is 0 Å². The van der Waals surface area contributed by atoms with Crippen molar-refractivity contribution in [1.82, 2.24) is 0 Å². The van der Waals surface area contributed by atoms with E-state index in [2.05, 4.69) is 18.7 Å². The van der Waals surface area contributed by atoms with Crippen LogP contribution in [0.3, 0.4) is 0 Å². The summed E-state index contributed by atoms with van der Waals surface area (Å²) in [6, 6.07) is 0. The molecular formula is C9H22S. The summed E-state index contributed by atoms with van der Waals surface area (Å²) in [6.07, 6.45) is 1.45. The van der Waals surface area contributed by atoms with Crippen LogP contribution in [0.2, 0.25) is 0 Å². The van der Waals surface area contributed by atoms with Crippen LogP contribution in [0.4, 0.5) is 0 Å². The van der Waals surface area contributed by atoms with Crippen molar-refractivity contribution in [2.45, 2.75) is 41.0 Å². The first-order valence-electron chi connectivity index (χ1n) is 4.47. The lowest BCUT2D eigenvalue weighted by Crippen LogP contribution is -1.85. The number of thioether (sulfide) groups is 1. The van der Waals surface area contributed by atoms with Crippen LogP contribution < -0.4 is 0 Å². The molecule has 1 saturated heterocycles. The van der Waals surface area contributed by atoms with Crippen LogP contribution in [-0.4, -0.2) is 11.5 Å². The third-order valence-electron chi connectivity index (χ3n) is 1.16. The zero-order chi connectivity index (χ0) is 8.41. The van der Waals surface area contributed by atoms with E-state index in [0.717, 1.165) is 5.92 Å². The van der Waals surface area contributed by atoms with Gasteiger partial charge in [0.1, 0.15) is 0 Å². The van der Waals surface area contributed by atoms with Crippen LogP contribution in [0.5, 0.6) is 0 Å². The largest absolute Gasteiger partial charge is 0.162 e. The van der Waals surface area contributed by atoms with E-state index < -0.39 is 0 Å². The zero-order valence-electron chi connectivity index (χ0n) is 8.11. The molecule has 1 atom stereocenters. The van der Waals surface area contributed by atoms with E-state index in [4.69, 9.17) is 0 Å². The van der Waals surface area contributed by atoms with Crippen LogP contribution in [0, 0.1) is 5.92 Å². The fraction of sp³-hybridized carbons (Fsp3) is 1.00. The molecule has 0 nitrogen and oxygen atoms in total. The summed E-state index contributed by atoms with van der Waals surface area (Å²) < 4.78 is 0. The minimum Gasteiger partial charge on any atom is -0.162 e. The second kappa shape index (κ2) is 12.1. The Morgan fingerprint density at radius 1 is 1.10 bits per heavy atom. The molecule has 0 saturated carbocycles. The van der Waals surface area contributed by atoms with Crippen molar-refractivity contribution < 1.29 is 0 Å². The highest BCUT2D eigenvalue weighted by Crippen LogP contribution is 2.21. The minimum atomic E-state index is 1.01. The molecule has 1 rings (SSSR count). The van der Waals surface area contributed by atoms with Gasteiger partial charge < -0.3 is 0 Å². The van der Waals surface area contributed by atoms with Gasteiger partial charge in [-0.05, 0) is 23.8 Å². The standard InChI is InChI=1S/C5H10S.2C2H6/c1-5-2-3-6-4-5;2*1-2/h5H,2-4H2,1H3;2*1-2H3. The van der Waals surface area contributed by atoms with Crippen molar-refractivity contribution >= 4 is 11.8 Å². The lowest BCUT2D eigenvalue weighted by Gasteiger charge is -1.90. The summed E-state index contributed by atoms with van der Waals surface area (Å²) >= 11 is 2.08. The first kappa shape index (κ1) is 13.0. The van der Waals surface area contributed by atoms with Gasteiger partial charge in [-0.15, -0.1) is 0 Å². The van der Waals surface area contributed by atoms with Gasteiger partial charge in [-0.2, -0.15) is 11.8 Å². The Labute approximate surface area is 70.8 Å². The molecule has 0 N–H and O–H groups in total. The van der Waals surface area contributed by atoms with Crippen LogP contribution in [0.25, 0.3) is 0 Å².